The molecule has 2 aliphatic heterocycles. The third kappa shape index (κ3) is 3.53. The lowest BCUT2D eigenvalue weighted by Crippen LogP contribution is -2.48. The lowest BCUT2D eigenvalue weighted by molar-refractivity contribution is -0.132. The van der Waals surface area contributed by atoms with Crippen molar-refractivity contribution >= 4 is 5.91 Å². The third-order valence-corrected chi connectivity index (χ3v) is 4.34. The highest BCUT2D eigenvalue weighted by atomic mass is 16.5. The molecule has 2 aliphatic rings. The molecule has 0 radical (unpaired) electrons. The first kappa shape index (κ1) is 15.2. The predicted octanol–water partition coefficient (Wildman–Crippen LogP) is 1.55. The number of fused-ring (bicyclic) bond motifs is 1. The molecule has 120 valence electrons. The fourth-order valence-corrected chi connectivity index (χ4v) is 2.92. The lowest BCUT2D eigenvalue weighted by Gasteiger charge is -2.34. The Morgan fingerprint density at radius 2 is 1.82 bits per heavy atom. The summed E-state index contributed by atoms with van der Waals surface area (Å²) in [7, 11) is 0. The van der Waals surface area contributed by atoms with E-state index < -0.39 is 0 Å². The van der Waals surface area contributed by atoms with Gasteiger partial charge in [-0.15, -0.1) is 0 Å². The summed E-state index contributed by atoms with van der Waals surface area (Å²) < 4.78 is 11.3. The second kappa shape index (κ2) is 7.01. The summed E-state index contributed by atoms with van der Waals surface area (Å²) in [4.78, 5) is 16.8. The van der Waals surface area contributed by atoms with Crippen LogP contribution < -0.4 is 9.47 Å². The van der Waals surface area contributed by atoms with Gasteiger partial charge in [0.05, 0.1) is 19.6 Å². The van der Waals surface area contributed by atoms with Crippen LogP contribution in [0.5, 0.6) is 11.5 Å². The maximum Gasteiger partial charge on any atom is 0.227 e. The van der Waals surface area contributed by atoms with Crippen LogP contribution in [0.25, 0.3) is 0 Å². The summed E-state index contributed by atoms with van der Waals surface area (Å²) in [5.74, 6) is 1.74. The smallest absolute Gasteiger partial charge is 0.227 e. The number of nitrogens with zero attached hydrogens (tertiary/aromatic N) is 2. The fraction of sp³-hybridized carbons (Fsp3) is 0.588. The van der Waals surface area contributed by atoms with Crippen LogP contribution in [0.4, 0.5) is 0 Å². The zero-order valence-corrected chi connectivity index (χ0v) is 13.2. The normalized spacial score (nSPS) is 18.9. The van der Waals surface area contributed by atoms with Crippen molar-refractivity contribution in [3.8, 4) is 11.5 Å². The SMILES string of the molecule is CCN1CCN(C(=O)Cc2ccc3c(c2)OCCCO3)CC1. The number of ether oxygens (including phenoxy) is 2. The second-order valence-corrected chi connectivity index (χ2v) is 5.82. The molecule has 5 nitrogen and oxygen atoms in total. The molecule has 0 spiro atoms. The van der Waals surface area contributed by atoms with E-state index in [-0.39, 0.29) is 5.91 Å². The molecule has 0 saturated carbocycles. The first-order chi connectivity index (χ1) is 10.8. The number of rotatable bonds is 3. The van der Waals surface area contributed by atoms with Crippen LogP contribution >= 0.6 is 0 Å². The molecular weight excluding hydrogens is 280 g/mol. The summed E-state index contributed by atoms with van der Waals surface area (Å²) in [6, 6.07) is 5.83. The van der Waals surface area contributed by atoms with Gasteiger partial charge in [0.2, 0.25) is 5.91 Å². The number of carbonyl (C=O) groups is 1. The predicted molar refractivity (Wildman–Crippen MR) is 84.4 cm³/mol. The molecule has 0 aliphatic carbocycles. The van der Waals surface area contributed by atoms with Gasteiger partial charge in [0.1, 0.15) is 0 Å². The zero-order valence-electron chi connectivity index (χ0n) is 13.2. The summed E-state index contributed by atoms with van der Waals surface area (Å²) in [5.41, 5.74) is 0.993. The minimum Gasteiger partial charge on any atom is -0.490 e. The third-order valence-electron chi connectivity index (χ3n) is 4.34. The van der Waals surface area contributed by atoms with E-state index in [0.29, 0.717) is 19.6 Å². The van der Waals surface area contributed by atoms with E-state index in [0.717, 1.165) is 56.2 Å². The van der Waals surface area contributed by atoms with Gasteiger partial charge in [0, 0.05) is 32.6 Å². The Kier molecular flexibility index (Phi) is 4.83. The number of piperazine rings is 1. The van der Waals surface area contributed by atoms with Gasteiger partial charge in [0.25, 0.3) is 0 Å². The largest absolute Gasteiger partial charge is 0.490 e. The van der Waals surface area contributed by atoms with Crippen molar-refractivity contribution in [2.24, 2.45) is 0 Å². The average Bonchev–Trinajstić information content (AvgIpc) is 2.79. The van der Waals surface area contributed by atoms with Gasteiger partial charge in [-0.3, -0.25) is 4.79 Å². The standard InChI is InChI=1S/C17H24N2O3/c1-2-18-6-8-19(9-7-18)17(20)13-14-4-5-15-16(12-14)22-11-3-10-21-15/h4-5,12H,2-3,6-11,13H2,1H3. The number of hydrogen-bond donors (Lipinski definition) is 0. The van der Waals surface area contributed by atoms with Crippen LogP contribution in [0, 0.1) is 0 Å². The van der Waals surface area contributed by atoms with E-state index in [1.807, 2.05) is 23.1 Å². The fourth-order valence-electron chi connectivity index (χ4n) is 2.92. The molecule has 3 rings (SSSR count). The van der Waals surface area contributed by atoms with Crippen molar-refractivity contribution in [2.75, 3.05) is 45.9 Å². The van der Waals surface area contributed by atoms with E-state index >= 15 is 0 Å². The van der Waals surface area contributed by atoms with Crippen molar-refractivity contribution in [1.29, 1.82) is 0 Å². The van der Waals surface area contributed by atoms with Crippen LogP contribution in [0.3, 0.4) is 0 Å². The van der Waals surface area contributed by atoms with Crippen LogP contribution in [0.15, 0.2) is 18.2 Å². The van der Waals surface area contributed by atoms with E-state index in [1.165, 1.54) is 0 Å². The molecule has 1 fully saturated rings. The van der Waals surface area contributed by atoms with Gasteiger partial charge >= 0.3 is 0 Å². The Bertz CT molecular complexity index is 525. The Labute approximate surface area is 131 Å². The maximum absolute atomic E-state index is 12.4. The first-order valence-electron chi connectivity index (χ1n) is 8.15. The zero-order chi connectivity index (χ0) is 15.4. The van der Waals surface area contributed by atoms with Crippen molar-refractivity contribution in [2.45, 2.75) is 19.8 Å². The summed E-state index contributed by atoms with van der Waals surface area (Å²) in [6.07, 6.45) is 1.33. The van der Waals surface area contributed by atoms with Crippen LogP contribution in [-0.2, 0) is 11.2 Å². The van der Waals surface area contributed by atoms with Crippen LogP contribution in [0.2, 0.25) is 0 Å². The van der Waals surface area contributed by atoms with Crippen LogP contribution in [0.1, 0.15) is 18.9 Å². The molecule has 1 aromatic rings. The average molecular weight is 304 g/mol. The van der Waals surface area contributed by atoms with Gasteiger partial charge in [-0.25, -0.2) is 0 Å². The molecule has 0 atom stereocenters. The van der Waals surface area contributed by atoms with Crippen molar-refractivity contribution in [1.82, 2.24) is 9.80 Å². The van der Waals surface area contributed by atoms with Gasteiger partial charge in [0.15, 0.2) is 11.5 Å². The topological polar surface area (TPSA) is 42.0 Å². The Morgan fingerprint density at radius 1 is 1.09 bits per heavy atom. The monoisotopic (exact) mass is 304 g/mol. The Hall–Kier alpha value is -1.75. The molecule has 1 amide bonds. The van der Waals surface area contributed by atoms with E-state index in [4.69, 9.17) is 9.47 Å². The summed E-state index contributed by atoms with van der Waals surface area (Å²) in [6.45, 7) is 8.19. The summed E-state index contributed by atoms with van der Waals surface area (Å²) >= 11 is 0. The first-order valence-corrected chi connectivity index (χ1v) is 8.15. The number of carbonyl (C=O) groups excluding carboxylic acids is 1. The summed E-state index contributed by atoms with van der Waals surface area (Å²) in [5, 5.41) is 0. The van der Waals surface area contributed by atoms with Gasteiger partial charge in [-0.2, -0.15) is 0 Å². The van der Waals surface area contributed by atoms with Crippen molar-refractivity contribution < 1.29 is 14.3 Å². The number of benzene rings is 1. The lowest BCUT2D eigenvalue weighted by atomic mass is 10.1. The van der Waals surface area contributed by atoms with Crippen molar-refractivity contribution in [3.05, 3.63) is 23.8 Å². The quantitative estimate of drug-likeness (QED) is 0.850. The minimum atomic E-state index is 0.199. The molecule has 0 unspecified atom stereocenters. The molecule has 2 heterocycles. The Morgan fingerprint density at radius 3 is 2.55 bits per heavy atom. The van der Waals surface area contributed by atoms with Crippen LogP contribution in [-0.4, -0.2) is 61.6 Å². The van der Waals surface area contributed by atoms with E-state index in [1.54, 1.807) is 0 Å². The number of likely N-dealkylation sites (N-methyl/N-ethyl adjacent to an activating group) is 1. The molecule has 0 bridgehead atoms. The van der Waals surface area contributed by atoms with Gasteiger partial charge in [-0.1, -0.05) is 13.0 Å². The molecular formula is C17H24N2O3. The molecule has 5 heteroatoms. The molecule has 1 saturated heterocycles. The molecule has 0 aromatic heterocycles. The Balaban J connectivity index is 1.61. The van der Waals surface area contributed by atoms with E-state index in [2.05, 4.69) is 11.8 Å². The highest BCUT2D eigenvalue weighted by Crippen LogP contribution is 2.30. The van der Waals surface area contributed by atoms with Gasteiger partial charge in [-0.05, 0) is 24.2 Å². The van der Waals surface area contributed by atoms with E-state index in [9.17, 15) is 4.79 Å². The van der Waals surface area contributed by atoms with Crippen molar-refractivity contribution in [3.63, 3.8) is 0 Å². The molecule has 0 N–H and O–H groups in total. The molecule has 22 heavy (non-hydrogen) atoms. The number of hydrogen-bond acceptors (Lipinski definition) is 4. The maximum atomic E-state index is 12.4. The number of amides is 1. The second-order valence-electron chi connectivity index (χ2n) is 5.82. The highest BCUT2D eigenvalue weighted by Gasteiger charge is 2.21. The molecule has 1 aromatic carbocycles. The van der Waals surface area contributed by atoms with Gasteiger partial charge < -0.3 is 19.3 Å². The minimum absolute atomic E-state index is 0.199. The highest BCUT2D eigenvalue weighted by molar-refractivity contribution is 5.79.